The minimum Gasteiger partial charge on any atom is -0.459 e. The van der Waals surface area contributed by atoms with Crippen molar-refractivity contribution in [3.63, 3.8) is 0 Å². The van der Waals surface area contributed by atoms with E-state index in [0.29, 0.717) is 45.3 Å². The van der Waals surface area contributed by atoms with Gasteiger partial charge in [-0.15, -0.1) is 0 Å². The highest BCUT2D eigenvalue weighted by Crippen LogP contribution is 2.47. The fourth-order valence-electron chi connectivity index (χ4n) is 5.71. The minimum atomic E-state index is -0.587. The number of hydrogen-bond acceptors (Lipinski definition) is 4. The quantitative estimate of drug-likeness (QED) is 0.441. The molecule has 1 saturated carbocycles. The molecular weight excluding hydrogens is 481 g/mol. The summed E-state index contributed by atoms with van der Waals surface area (Å²) in [5.74, 6) is -0.849. The Hall–Kier alpha value is -2.56. The number of carbonyl (C=O) groups excluding carboxylic acids is 2. The highest BCUT2D eigenvalue weighted by atomic mass is 35.5. The SMILES string of the molecule is CC1=C(C(=O)OC2CCCCC2)[C@H](c2ccc(Cl)cc2Cl)C2=C(C[C@@H](c3ccccc3)CC2=O)N1. The molecule has 6 heteroatoms. The molecular formula is C29H29Cl2NO3. The van der Waals surface area contributed by atoms with Crippen LogP contribution in [-0.4, -0.2) is 17.9 Å². The van der Waals surface area contributed by atoms with Crippen molar-refractivity contribution in [3.8, 4) is 0 Å². The molecule has 2 aromatic carbocycles. The number of carbonyl (C=O) groups is 2. The van der Waals surface area contributed by atoms with Crippen molar-refractivity contribution in [2.24, 2.45) is 0 Å². The Bertz CT molecular complexity index is 1210. The molecule has 4 nitrogen and oxygen atoms in total. The lowest BCUT2D eigenvalue weighted by Gasteiger charge is -2.37. The van der Waals surface area contributed by atoms with E-state index in [-0.39, 0.29) is 23.8 Å². The standard InChI is InChI=1S/C29H29Cl2NO3/c1-17-26(29(34)35-21-10-6-3-7-11-21)27(22-13-12-20(30)16-23(22)31)28-24(32-17)14-19(15-25(28)33)18-8-4-2-5-9-18/h2,4-5,8-9,12-13,16,19,21,27,32H,3,6-7,10-11,14-15H2,1H3/t19-,27+/m1/s1. The van der Waals surface area contributed by atoms with Gasteiger partial charge in [0.25, 0.3) is 0 Å². The van der Waals surface area contributed by atoms with E-state index in [2.05, 4.69) is 17.4 Å². The van der Waals surface area contributed by atoms with Crippen LogP contribution in [-0.2, 0) is 14.3 Å². The van der Waals surface area contributed by atoms with E-state index < -0.39 is 5.92 Å². The normalized spacial score (nSPS) is 23.1. The molecule has 0 unspecified atom stereocenters. The lowest BCUT2D eigenvalue weighted by molar-refractivity contribution is -0.146. The first kappa shape index (κ1) is 24.1. The summed E-state index contributed by atoms with van der Waals surface area (Å²) in [6.45, 7) is 1.88. The third-order valence-corrected chi connectivity index (χ3v) is 7.98. The number of Topliss-reactive ketones (excluding diaryl/α,β-unsaturated/α-hetero) is 1. The minimum absolute atomic E-state index is 0.0269. The van der Waals surface area contributed by atoms with Crippen molar-refractivity contribution in [2.45, 2.75) is 69.8 Å². The van der Waals surface area contributed by atoms with E-state index in [1.165, 1.54) is 6.42 Å². The van der Waals surface area contributed by atoms with Crippen molar-refractivity contribution in [1.29, 1.82) is 0 Å². The zero-order valence-electron chi connectivity index (χ0n) is 19.8. The second-order valence-corrected chi connectivity index (χ2v) is 10.6. The van der Waals surface area contributed by atoms with Gasteiger partial charge in [0.05, 0.1) is 5.57 Å². The van der Waals surface area contributed by atoms with Crippen molar-refractivity contribution >= 4 is 35.0 Å². The molecule has 1 N–H and O–H groups in total. The van der Waals surface area contributed by atoms with Gasteiger partial charge in [0.2, 0.25) is 0 Å². The number of ketones is 1. The molecule has 0 spiro atoms. The van der Waals surface area contributed by atoms with E-state index in [1.54, 1.807) is 12.1 Å². The second-order valence-electron chi connectivity index (χ2n) is 9.76. The molecule has 1 heterocycles. The Kier molecular flexibility index (Phi) is 7.04. The summed E-state index contributed by atoms with van der Waals surface area (Å²) in [6, 6.07) is 15.4. The summed E-state index contributed by atoms with van der Waals surface area (Å²) in [6.07, 6.45) is 6.05. The van der Waals surface area contributed by atoms with Crippen LogP contribution in [0.4, 0.5) is 0 Å². The maximum atomic E-state index is 13.7. The number of allylic oxidation sites excluding steroid dienone is 3. The fraction of sp³-hybridized carbons (Fsp3) is 0.379. The average Bonchev–Trinajstić information content (AvgIpc) is 2.84. The fourth-order valence-corrected chi connectivity index (χ4v) is 6.23. The van der Waals surface area contributed by atoms with Crippen LogP contribution < -0.4 is 5.32 Å². The van der Waals surface area contributed by atoms with Gasteiger partial charge in [-0.1, -0.05) is 66.0 Å². The summed E-state index contributed by atoms with van der Waals surface area (Å²) >= 11 is 12.8. The lowest BCUT2D eigenvalue weighted by atomic mass is 9.71. The zero-order chi connectivity index (χ0) is 24.5. The van der Waals surface area contributed by atoms with E-state index in [9.17, 15) is 9.59 Å². The van der Waals surface area contributed by atoms with Crippen LogP contribution in [0.3, 0.4) is 0 Å². The molecule has 0 saturated heterocycles. The van der Waals surface area contributed by atoms with E-state index in [1.807, 2.05) is 31.2 Å². The Morgan fingerprint density at radius 3 is 2.46 bits per heavy atom. The topological polar surface area (TPSA) is 55.4 Å². The predicted molar refractivity (Wildman–Crippen MR) is 138 cm³/mol. The number of halogens is 2. The van der Waals surface area contributed by atoms with Crippen LogP contribution >= 0.6 is 23.2 Å². The number of rotatable bonds is 4. The number of dihydropyridines is 1. The van der Waals surface area contributed by atoms with Crippen LogP contribution in [0.15, 0.2) is 71.1 Å². The van der Waals surface area contributed by atoms with E-state index >= 15 is 0 Å². The second kappa shape index (κ2) is 10.2. The van der Waals surface area contributed by atoms with Crippen LogP contribution in [0.2, 0.25) is 10.0 Å². The van der Waals surface area contributed by atoms with E-state index in [4.69, 9.17) is 27.9 Å². The van der Waals surface area contributed by atoms with Gasteiger partial charge in [-0.3, -0.25) is 4.79 Å². The van der Waals surface area contributed by atoms with Crippen molar-refractivity contribution in [3.05, 3.63) is 92.2 Å². The van der Waals surface area contributed by atoms with Gasteiger partial charge >= 0.3 is 5.97 Å². The van der Waals surface area contributed by atoms with Gasteiger partial charge in [-0.05, 0) is 68.2 Å². The van der Waals surface area contributed by atoms with E-state index in [0.717, 1.165) is 36.9 Å². The summed E-state index contributed by atoms with van der Waals surface area (Å²) in [5.41, 5.74) is 4.48. The molecule has 0 amide bonds. The van der Waals surface area contributed by atoms with Gasteiger partial charge < -0.3 is 10.1 Å². The van der Waals surface area contributed by atoms with Gasteiger partial charge in [-0.2, -0.15) is 0 Å². The Balaban J connectivity index is 1.55. The molecule has 2 aliphatic carbocycles. The molecule has 5 rings (SSSR count). The number of ether oxygens (including phenoxy) is 1. The molecule has 2 atom stereocenters. The number of benzene rings is 2. The van der Waals surface area contributed by atoms with Gasteiger partial charge in [-0.25, -0.2) is 4.79 Å². The maximum Gasteiger partial charge on any atom is 0.337 e. The van der Waals surface area contributed by atoms with Crippen LogP contribution in [0.5, 0.6) is 0 Å². The highest BCUT2D eigenvalue weighted by Gasteiger charge is 2.42. The molecule has 0 bridgehead atoms. The van der Waals surface area contributed by atoms with Crippen LogP contribution in [0.25, 0.3) is 0 Å². The molecule has 35 heavy (non-hydrogen) atoms. The highest BCUT2D eigenvalue weighted by molar-refractivity contribution is 6.35. The summed E-state index contributed by atoms with van der Waals surface area (Å²) in [7, 11) is 0. The smallest absolute Gasteiger partial charge is 0.337 e. The van der Waals surface area contributed by atoms with Crippen molar-refractivity contribution < 1.29 is 14.3 Å². The Morgan fingerprint density at radius 1 is 1.00 bits per heavy atom. The summed E-state index contributed by atoms with van der Waals surface area (Å²) in [5, 5.41) is 4.36. The molecule has 0 aromatic heterocycles. The van der Waals surface area contributed by atoms with Crippen LogP contribution in [0, 0.1) is 0 Å². The van der Waals surface area contributed by atoms with Gasteiger partial charge in [0.15, 0.2) is 5.78 Å². The lowest BCUT2D eigenvalue weighted by Crippen LogP contribution is -2.37. The van der Waals surface area contributed by atoms with Gasteiger partial charge in [0, 0.05) is 39.4 Å². The predicted octanol–water partition coefficient (Wildman–Crippen LogP) is 7.23. The number of esters is 1. The monoisotopic (exact) mass is 509 g/mol. The third-order valence-electron chi connectivity index (χ3n) is 7.42. The van der Waals surface area contributed by atoms with Crippen molar-refractivity contribution in [1.82, 2.24) is 5.32 Å². The average molecular weight is 510 g/mol. The first-order valence-electron chi connectivity index (χ1n) is 12.4. The summed E-state index contributed by atoms with van der Waals surface area (Å²) in [4.78, 5) is 27.3. The number of nitrogens with one attached hydrogen (secondary N) is 1. The first-order valence-corrected chi connectivity index (χ1v) is 13.1. The first-order chi connectivity index (χ1) is 16.9. The Morgan fingerprint density at radius 2 is 1.74 bits per heavy atom. The zero-order valence-corrected chi connectivity index (χ0v) is 21.3. The van der Waals surface area contributed by atoms with Crippen LogP contribution in [0.1, 0.15) is 74.8 Å². The summed E-state index contributed by atoms with van der Waals surface area (Å²) < 4.78 is 5.98. The molecule has 0 radical (unpaired) electrons. The third kappa shape index (κ3) is 4.92. The molecule has 182 valence electrons. The molecule has 1 aliphatic heterocycles. The Labute approximate surface area is 216 Å². The maximum absolute atomic E-state index is 13.7. The molecule has 3 aliphatic rings. The van der Waals surface area contributed by atoms with Crippen molar-refractivity contribution in [2.75, 3.05) is 0 Å². The molecule has 1 fully saturated rings. The number of hydrogen-bond donors (Lipinski definition) is 1. The molecule has 2 aromatic rings. The van der Waals surface area contributed by atoms with Gasteiger partial charge in [0.1, 0.15) is 6.10 Å². The largest absolute Gasteiger partial charge is 0.459 e.